The van der Waals surface area contributed by atoms with Gasteiger partial charge in [0.2, 0.25) is 0 Å². The molecular weight excluding hydrogens is 240 g/mol. The van der Waals surface area contributed by atoms with Crippen LogP contribution in [0.15, 0.2) is 36.8 Å². The minimum absolute atomic E-state index is 0.0989. The molecule has 5 nitrogen and oxygen atoms in total. The predicted molar refractivity (Wildman–Crippen MR) is 71.7 cm³/mol. The zero-order valence-corrected chi connectivity index (χ0v) is 10.8. The minimum Gasteiger partial charge on any atom is -0.357 e. The van der Waals surface area contributed by atoms with Crippen LogP contribution in [0, 0.1) is 0 Å². The highest BCUT2D eigenvalue weighted by Crippen LogP contribution is 2.20. The summed E-state index contributed by atoms with van der Waals surface area (Å²) in [7, 11) is 0. The molecular formula is C14H18N4O. The molecule has 0 bridgehead atoms. The highest BCUT2D eigenvalue weighted by molar-refractivity contribution is 5.92. The maximum atomic E-state index is 12.5. The lowest BCUT2D eigenvalue weighted by Gasteiger charge is -2.35. The second kappa shape index (κ2) is 5.30. The third kappa shape index (κ3) is 2.54. The van der Waals surface area contributed by atoms with Gasteiger partial charge in [-0.15, -0.1) is 0 Å². The Morgan fingerprint density at radius 3 is 3.11 bits per heavy atom. The van der Waals surface area contributed by atoms with Gasteiger partial charge in [0.05, 0.1) is 12.6 Å². The maximum Gasteiger partial charge on any atom is 0.270 e. The molecule has 1 aliphatic heterocycles. The van der Waals surface area contributed by atoms with Crippen LogP contribution < -0.4 is 0 Å². The van der Waals surface area contributed by atoms with Crippen molar-refractivity contribution in [3.8, 4) is 0 Å². The summed E-state index contributed by atoms with van der Waals surface area (Å²) in [4.78, 5) is 17.4. The molecule has 1 aliphatic rings. The summed E-state index contributed by atoms with van der Waals surface area (Å²) in [5.41, 5.74) is 0.673. The van der Waals surface area contributed by atoms with Crippen LogP contribution in [0.4, 0.5) is 0 Å². The summed E-state index contributed by atoms with van der Waals surface area (Å²) in [6.45, 7) is 1.61. The fourth-order valence-electron chi connectivity index (χ4n) is 2.70. The number of piperidine rings is 1. The van der Waals surface area contributed by atoms with Crippen molar-refractivity contribution < 1.29 is 4.79 Å². The molecule has 0 saturated carbocycles. The number of nitrogens with zero attached hydrogens (tertiary/aromatic N) is 3. The number of carbonyl (C=O) groups is 1. The predicted octanol–water partition coefficient (Wildman–Crippen LogP) is 1.91. The van der Waals surface area contributed by atoms with Crippen LogP contribution >= 0.6 is 0 Å². The highest BCUT2D eigenvalue weighted by Gasteiger charge is 2.28. The summed E-state index contributed by atoms with van der Waals surface area (Å²) in [5.74, 6) is 0.0989. The first-order chi connectivity index (χ1) is 9.34. The van der Waals surface area contributed by atoms with Gasteiger partial charge in [-0.05, 0) is 37.5 Å². The van der Waals surface area contributed by atoms with E-state index in [9.17, 15) is 4.79 Å². The van der Waals surface area contributed by atoms with Gasteiger partial charge in [0, 0.05) is 25.1 Å². The van der Waals surface area contributed by atoms with Crippen LogP contribution in [-0.2, 0) is 6.54 Å². The smallest absolute Gasteiger partial charge is 0.270 e. The third-order valence-corrected chi connectivity index (χ3v) is 3.67. The number of aromatic nitrogens is 3. The molecule has 0 radical (unpaired) electrons. The Morgan fingerprint density at radius 2 is 2.37 bits per heavy atom. The van der Waals surface area contributed by atoms with Crippen LogP contribution in [0.3, 0.4) is 0 Å². The van der Waals surface area contributed by atoms with Crippen LogP contribution in [0.25, 0.3) is 0 Å². The normalized spacial score (nSPS) is 19.6. The van der Waals surface area contributed by atoms with Gasteiger partial charge in [-0.3, -0.25) is 9.48 Å². The van der Waals surface area contributed by atoms with E-state index in [0.29, 0.717) is 5.69 Å². The van der Waals surface area contributed by atoms with Crippen molar-refractivity contribution >= 4 is 5.91 Å². The number of H-pyrrole nitrogens is 1. The monoisotopic (exact) mass is 258 g/mol. The molecule has 5 heteroatoms. The molecule has 1 saturated heterocycles. The third-order valence-electron chi connectivity index (χ3n) is 3.67. The van der Waals surface area contributed by atoms with Gasteiger partial charge >= 0.3 is 0 Å². The first-order valence-electron chi connectivity index (χ1n) is 6.76. The summed E-state index contributed by atoms with van der Waals surface area (Å²) >= 11 is 0. The van der Waals surface area contributed by atoms with Crippen LogP contribution in [0.1, 0.15) is 29.8 Å². The van der Waals surface area contributed by atoms with Gasteiger partial charge in [-0.1, -0.05) is 0 Å². The Morgan fingerprint density at radius 1 is 1.42 bits per heavy atom. The molecule has 0 aliphatic carbocycles. The number of rotatable bonds is 3. The Bertz CT molecular complexity index is 518. The van der Waals surface area contributed by atoms with Crippen LogP contribution in [-0.4, -0.2) is 38.2 Å². The summed E-state index contributed by atoms with van der Waals surface area (Å²) in [6.07, 6.45) is 8.83. The van der Waals surface area contributed by atoms with Crippen LogP contribution in [0.2, 0.25) is 0 Å². The topological polar surface area (TPSA) is 53.9 Å². The first kappa shape index (κ1) is 12.0. The van der Waals surface area contributed by atoms with Gasteiger partial charge in [0.15, 0.2) is 0 Å². The Balaban J connectivity index is 1.75. The summed E-state index contributed by atoms with van der Waals surface area (Å²) < 4.78 is 1.91. The van der Waals surface area contributed by atoms with E-state index in [4.69, 9.17) is 0 Å². The molecule has 1 unspecified atom stereocenters. The number of hydrogen-bond donors (Lipinski definition) is 1. The number of nitrogens with one attached hydrogen (secondary N) is 1. The number of hydrogen-bond acceptors (Lipinski definition) is 2. The first-order valence-corrected chi connectivity index (χ1v) is 6.76. The van der Waals surface area contributed by atoms with Crippen molar-refractivity contribution in [3.05, 3.63) is 42.5 Å². The summed E-state index contributed by atoms with van der Waals surface area (Å²) in [6, 6.07) is 5.85. The molecule has 1 atom stereocenters. The van der Waals surface area contributed by atoms with Gasteiger partial charge in [0.25, 0.3) is 5.91 Å². The molecule has 1 amide bonds. The van der Waals surface area contributed by atoms with Gasteiger partial charge in [-0.2, -0.15) is 5.10 Å². The summed E-state index contributed by atoms with van der Waals surface area (Å²) in [5, 5.41) is 4.24. The zero-order valence-electron chi connectivity index (χ0n) is 10.8. The fourth-order valence-corrected chi connectivity index (χ4v) is 2.70. The Labute approximate surface area is 112 Å². The Hall–Kier alpha value is -2.04. The Kier molecular flexibility index (Phi) is 3.35. The van der Waals surface area contributed by atoms with Crippen molar-refractivity contribution in [1.82, 2.24) is 19.7 Å². The van der Waals surface area contributed by atoms with Gasteiger partial charge in [-0.25, -0.2) is 0 Å². The molecule has 0 spiro atoms. The van der Waals surface area contributed by atoms with Crippen LogP contribution in [0.5, 0.6) is 0 Å². The van der Waals surface area contributed by atoms with Crippen molar-refractivity contribution in [2.75, 3.05) is 6.54 Å². The molecule has 1 N–H and O–H groups in total. The van der Waals surface area contributed by atoms with E-state index in [1.165, 1.54) is 6.42 Å². The molecule has 3 heterocycles. The second-order valence-corrected chi connectivity index (χ2v) is 4.96. The van der Waals surface area contributed by atoms with Crippen molar-refractivity contribution in [2.45, 2.75) is 31.8 Å². The van der Waals surface area contributed by atoms with Crippen molar-refractivity contribution in [1.29, 1.82) is 0 Å². The van der Waals surface area contributed by atoms with E-state index in [1.807, 2.05) is 34.0 Å². The average Bonchev–Trinajstić information content (AvgIpc) is 3.11. The fraction of sp³-hybridized carbons (Fsp3) is 0.429. The van der Waals surface area contributed by atoms with Crippen molar-refractivity contribution in [2.24, 2.45) is 0 Å². The second-order valence-electron chi connectivity index (χ2n) is 4.96. The number of likely N-dealkylation sites (tertiary alicyclic amines) is 1. The van der Waals surface area contributed by atoms with E-state index in [0.717, 1.165) is 25.9 Å². The lowest BCUT2D eigenvalue weighted by molar-refractivity contribution is 0.0578. The lowest BCUT2D eigenvalue weighted by Crippen LogP contribution is -2.46. The molecule has 3 rings (SSSR count). The quantitative estimate of drug-likeness (QED) is 0.914. The molecule has 2 aromatic heterocycles. The van der Waals surface area contributed by atoms with E-state index >= 15 is 0 Å². The largest absolute Gasteiger partial charge is 0.357 e. The minimum atomic E-state index is 0.0989. The molecule has 100 valence electrons. The van der Waals surface area contributed by atoms with E-state index < -0.39 is 0 Å². The number of carbonyl (C=O) groups excluding carboxylic acids is 1. The maximum absolute atomic E-state index is 12.5. The standard InChI is InChI=1S/C14H18N4O/c19-14(13-6-3-7-15-13)18-10-2-1-5-12(18)11-17-9-4-8-16-17/h3-4,6-9,12,15H,1-2,5,10-11H2. The molecule has 2 aromatic rings. The molecule has 0 aromatic carbocycles. The SMILES string of the molecule is O=C(c1ccc[nH]1)N1CCCCC1Cn1cccn1. The highest BCUT2D eigenvalue weighted by atomic mass is 16.2. The molecule has 1 fully saturated rings. The van der Waals surface area contributed by atoms with E-state index in [1.54, 1.807) is 12.4 Å². The lowest BCUT2D eigenvalue weighted by atomic mass is 10.0. The number of aromatic amines is 1. The van der Waals surface area contributed by atoms with Gasteiger partial charge < -0.3 is 9.88 Å². The van der Waals surface area contributed by atoms with E-state index in [-0.39, 0.29) is 11.9 Å². The molecule has 19 heavy (non-hydrogen) atoms. The average molecular weight is 258 g/mol. The van der Waals surface area contributed by atoms with Gasteiger partial charge in [0.1, 0.15) is 5.69 Å². The van der Waals surface area contributed by atoms with Crippen molar-refractivity contribution in [3.63, 3.8) is 0 Å². The zero-order chi connectivity index (χ0) is 13.1. The number of amides is 1. The van der Waals surface area contributed by atoms with E-state index in [2.05, 4.69) is 10.1 Å².